The summed E-state index contributed by atoms with van der Waals surface area (Å²) in [6, 6.07) is -2.78. The third-order valence-electron chi connectivity index (χ3n) is 8.33. The second kappa shape index (κ2) is 15.2. The van der Waals surface area contributed by atoms with Gasteiger partial charge in [0.15, 0.2) is 6.10 Å². The summed E-state index contributed by atoms with van der Waals surface area (Å²) in [6.45, 7) is 15.5. The van der Waals surface area contributed by atoms with E-state index in [-0.39, 0.29) is 29.6 Å². The molecule has 2 rings (SSSR count). The number of imide groups is 1. The molecule has 4 amide bonds. The molecule has 5 atom stereocenters. The van der Waals surface area contributed by atoms with Crippen LogP contribution in [0.4, 0.5) is 0 Å². The van der Waals surface area contributed by atoms with Crippen molar-refractivity contribution in [2.24, 2.45) is 23.7 Å². The van der Waals surface area contributed by atoms with Crippen LogP contribution in [0.3, 0.4) is 0 Å². The number of nitrogens with zero attached hydrogens (tertiary/aromatic N) is 4. The van der Waals surface area contributed by atoms with Crippen LogP contribution in [0.25, 0.3) is 0 Å². The molecule has 0 N–H and O–H groups in total. The lowest BCUT2D eigenvalue weighted by Gasteiger charge is -2.38. The van der Waals surface area contributed by atoms with Gasteiger partial charge in [0.25, 0.3) is 17.7 Å². The van der Waals surface area contributed by atoms with Gasteiger partial charge < -0.3 is 19.3 Å². The Kier molecular flexibility index (Phi) is 12.8. The van der Waals surface area contributed by atoms with E-state index in [9.17, 15) is 24.0 Å². The lowest BCUT2D eigenvalue weighted by molar-refractivity contribution is -0.169. The van der Waals surface area contributed by atoms with Crippen LogP contribution >= 0.6 is 0 Å². The summed E-state index contributed by atoms with van der Waals surface area (Å²) in [7, 11) is 6.63. The first-order chi connectivity index (χ1) is 20.0. The molecule has 0 bridgehead atoms. The van der Waals surface area contributed by atoms with Crippen LogP contribution in [0.15, 0.2) is 11.8 Å². The van der Waals surface area contributed by atoms with Crippen LogP contribution in [0.5, 0.6) is 0 Å². The molecule has 1 saturated heterocycles. The van der Waals surface area contributed by atoms with Crippen molar-refractivity contribution in [2.75, 3.05) is 34.8 Å². The van der Waals surface area contributed by atoms with E-state index >= 15 is 0 Å². The van der Waals surface area contributed by atoms with Gasteiger partial charge >= 0.3 is 5.97 Å². The van der Waals surface area contributed by atoms with Crippen LogP contribution in [0, 0.1) is 23.7 Å². The van der Waals surface area contributed by atoms with Crippen molar-refractivity contribution in [2.45, 2.75) is 105 Å². The van der Waals surface area contributed by atoms with Gasteiger partial charge in [-0.15, -0.1) is 0 Å². The summed E-state index contributed by atoms with van der Waals surface area (Å²) in [5, 5.41) is 0. The van der Waals surface area contributed by atoms with Crippen molar-refractivity contribution in [1.82, 2.24) is 19.6 Å². The maximum Gasteiger partial charge on any atom is 0.324 e. The van der Waals surface area contributed by atoms with Crippen molar-refractivity contribution in [3.8, 4) is 0 Å². The monoisotopic (exact) mass is 606 g/mol. The lowest BCUT2D eigenvalue weighted by Crippen LogP contribution is -2.59. The molecule has 0 aromatic heterocycles. The Hall–Kier alpha value is -2.95. The largest absolute Gasteiger partial charge is 0.499 e. The third-order valence-corrected chi connectivity index (χ3v) is 8.33. The molecule has 2 aliphatic heterocycles. The van der Waals surface area contributed by atoms with Crippen LogP contribution in [-0.4, -0.2) is 114 Å². The molecule has 0 aromatic rings. The van der Waals surface area contributed by atoms with E-state index < -0.39 is 54.0 Å². The number of ether oxygens (including phenoxy) is 2. The SMILES string of the molecule is COC1=CC(=O)N(C(=O)C2CCCN2C(=O)C(C(C)C)N(C)C(=O)C(OC(=O)C(CC(C)C)N(C)C)C(C)C)C1C(C)C. The molecular formula is C32H54N4O7. The van der Waals surface area contributed by atoms with E-state index in [1.807, 2.05) is 41.5 Å². The number of carbonyl (C=O) groups is 5. The molecule has 244 valence electrons. The minimum Gasteiger partial charge on any atom is -0.499 e. The molecule has 5 unspecified atom stereocenters. The Balaban J connectivity index is 2.32. The number of rotatable bonds is 13. The average Bonchev–Trinajstić information content (AvgIpc) is 3.53. The number of carbonyl (C=O) groups excluding carboxylic acids is 5. The van der Waals surface area contributed by atoms with Crippen molar-refractivity contribution in [1.29, 1.82) is 0 Å². The molecule has 0 spiro atoms. The number of amides is 4. The van der Waals surface area contributed by atoms with E-state index in [0.29, 0.717) is 31.6 Å². The quantitative estimate of drug-likeness (QED) is 0.232. The predicted octanol–water partition coefficient (Wildman–Crippen LogP) is 2.93. The fourth-order valence-corrected chi connectivity index (χ4v) is 6.09. The van der Waals surface area contributed by atoms with E-state index in [0.717, 1.165) is 0 Å². The van der Waals surface area contributed by atoms with Gasteiger partial charge in [0.05, 0.1) is 13.2 Å². The molecule has 2 heterocycles. The number of hydrogen-bond donors (Lipinski definition) is 0. The molecule has 2 aliphatic rings. The number of methoxy groups -OCH3 is 1. The number of hydrogen-bond acceptors (Lipinski definition) is 8. The highest BCUT2D eigenvalue weighted by atomic mass is 16.6. The molecule has 0 saturated carbocycles. The highest BCUT2D eigenvalue weighted by Crippen LogP contribution is 2.31. The zero-order valence-electron chi connectivity index (χ0n) is 28.2. The average molecular weight is 607 g/mol. The van der Waals surface area contributed by atoms with Crippen LogP contribution in [0.2, 0.25) is 0 Å². The maximum atomic E-state index is 14.1. The Bertz CT molecular complexity index is 1070. The fourth-order valence-electron chi connectivity index (χ4n) is 6.09. The first-order valence-corrected chi connectivity index (χ1v) is 15.5. The molecule has 11 nitrogen and oxygen atoms in total. The van der Waals surface area contributed by atoms with Crippen LogP contribution in [0.1, 0.15) is 74.7 Å². The Labute approximate surface area is 257 Å². The van der Waals surface area contributed by atoms with Crippen molar-refractivity contribution < 1.29 is 33.4 Å². The predicted molar refractivity (Wildman–Crippen MR) is 163 cm³/mol. The van der Waals surface area contributed by atoms with Gasteiger partial charge in [-0.05, 0) is 57.0 Å². The summed E-state index contributed by atoms with van der Waals surface area (Å²) >= 11 is 0. The van der Waals surface area contributed by atoms with E-state index in [4.69, 9.17) is 9.47 Å². The van der Waals surface area contributed by atoms with Gasteiger partial charge in [-0.3, -0.25) is 33.8 Å². The second-order valence-corrected chi connectivity index (χ2v) is 13.5. The van der Waals surface area contributed by atoms with E-state index in [1.165, 1.54) is 27.9 Å². The first kappa shape index (κ1) is 36.2. The molecular weight excluding hydrogens is 552 g/mol. The topological polar surface area (TPSA) is 117 Å². The summed E-state index contributed by atoms with van der Waals surface area (Å²) in [4.78, 5) is 73.8. The minimum atomic E-state index is -1.08. The van der Waals surface area contributed by atoms with Gasteiger partial charge in [0.1, 0.15) is 23.9 Å². The van der Waals surface area contributed by atoms with Gasteiger partial charge in [0.2, 0.25) is 5.91 Å². The lowest BCUT2D eigenvalue weighted by atomic mass is 9.97. The number of esters is 1. The van der Waals surface area contributed by atoms with Crippen molar-refractivity contribution in [3.63, 3.8) is 0 Å². The summed E-state index contributed by atoms with van der Waals surface area (Å²) in [5.41, 5.74) is 0. The number of likely N-dealkylation sites (tertiary alicyclic amines) is 1. The van der Waals surface area contributed by atoms with Crippen LogP contribution in [-0.2, 0) is 33.4 Å². The maximum absolute atomic E-state index is 14.1. The number of likely N-dealkylation sites (N-methyl/N-ethyl adjacent to an activating group) is 2. The molecule has 0 aliphatic carbocycles. The Morgan fingerprint density at radius 2 is 1.58 bits per heavy atom. The standard InChI is InChI=1S/C32H54N4O7/c1-18(2)16-23(33(9)10)32(41)43-28(21(7)8)31(40)34(11)27(20(5)6)30(39)35-15-13-14-22(35)29(38)36-25(37)17-24(42-12)26(36)19(3)4/h17-23,26-28H,13-16H2,1-12H3. The Morgan fingerprint density at radius 3 is 2.05 bits per heavy atom. The highest BCUT2D eigenvalue weighted by molar-refractivity contribution is 6.07. The smallest absolute Gasteiger partial charge is 0.324 e. The van der Waals surface area contributed by atoms with Gasteiger partial charge in [-0.1, -0.05) is 55.4 Å². The van der Waals surface area contributed by atoms with Crippen LogP contribution < -0.4 is 0 Å². The molecule has 43 heavy (non-hydrogen) atoms. The summed E-state index contributed by atoms with van der Waals surface area (Å²) in [6.07, 6.45) is 1.85. The van der Waals surface area contributed by atoms with E-state index in [1.54, 1.807) is 39.9 Å². The molecule has 0 radical (unpaired) electrons. The van der Waals surface area contributed by atoms with Crippen molar-refractivity contribution >= 4 is 29.6 Å². The van der Waals surface area contributed by atoms with E-state index in [2.05, 4.69) is 0 Å². The minimum absolute atomic E-state index is 0.0809. The fraction of sp³-hybridized carbons (Fsp3) is 0.781. The summed E-state index contributed by atoms with van der Waals surface area (Å²) in [5.74, 6) is -2.24. The molecule has 11 heteroatoms. The normalized spacial score (nSPS) is 21.1. The zero-order chi connectivity index (χ0) is 32.9. The first-order valence-electron chi connectivity index (χ1n) is 15.5. The van der Waals surface area contributed by atoms with Gasteiger partial charge in [-0.25, -0.2) is 0 Å². The molecule has 1 fully saturated rings. The zero-order valence-corrected chi connectivity index (χ0v) is 28.2. The molecule has 0 aromatic carbocycles. The summed E-state index contributed by atoms with van der Waals surface area (Å²) < 4.78 is 11.2. The van der Waals surface area contributed by atoms with Crippen molar-refractivity contribution in [3.05, 3.63) is 11.8 Å². The highest BCUT2D eigenvalue weighted by Gasteiger charge is 2.48. The third kappa shape index (κ3) is 8.16. The second-order valence-electron chi connectivity index (χ2n) is 13.5. The Morgan fingerprint density at radius 1 is 0.977 bits per heavy atom. The van der Waals surface area contributed by atoms with Gasteiger partial charge in [0, 0.05) is 19.7 Å². The van der Waals surface area contributed by atoms with Gasteiger partial charge in [-0.2, -0.15) is 0 Å².